The lowest BCUT2D eigenvalue weighted by Gasteiger charge is -2.28. The second kappa shape index (κ2) is 5.96. The van der Waals surface area contributed by atoms with Crippen molar-refractivity contribution in [1.82, 2.24) is 4.90 Å². The molecule has 1 unspecified atom stereocenters. The van der Waals surface area contributed by atoms with E-state index in [2.05, 4.69) is 12.2 Å². The number of allylic oxidation sites excluding steroid dienone is 2. The van der Waals surface area contributed by atoms with Crippen LogP contribution in [0.15, 0.2) is 30.4 Å². The van der Waals surface area contributed by atoms with E-state index in [4.69, 9.17) is 0 Å². The van der Waals surface area contributed by atoms with Gasteiger partial charge >= 0.3 is 0 Å². The van der Waals surface area contributed by atoms with Crippen LogP contribution in [0.3, 0.4) is 0 Å². The van der Waals surface area contributed by atoms with E-state index in [9.17, 15) is 13.6 Å². The van der Waals surface area contributed by atoms with Gasteiger partial charge in [0.25, 0.3) is 0 Å². The van der Waals surface area contributed by atoms with Crippen molar-refractivity contribution in [2.24, 2.45) is 5.92 Å². The lowest BCUT2D eigenvalue weighted by atomic mass is 9.93. The highest BCUT2D eigenvalue weighted by molar-refractivity contribution is 5.79. The summed E-state index contributed by atoms with van der Waals surface area (Å²) in [6.45, 7) is 0.246. The van der Waals surface area contributed by atoms with Gasteiger partial charge in [0.05, 0.1) is 0 Å². The van der Waals surface area contributed by atoms with E-state index in [0.29, 0.717) is 5.56 Å². The highest BCUT2D eigenvalue weighted by Crippen LogP contribution is 2.32. The molecule has 1 aromatic rings. The van der Waals surface area contributed by atoms with Crippen molar-refractivity contribution in [2.45, 2.75) is 44.7 Å². The Morgan fingerprint density at radius 1 is 1.19 bits per heavy atom. The Labute approximate surface area is 123 Å². The molecule has 2 aliphatic rings. The Morgan fingerprint density at radius 2 is 2.00 bits per heavy atom. The molecule has 112 valence electrons. The van der Waals surface area contributed by atoms with Gasteiger partial charge in [-0.25, -0.2) is 8.78 Å². The minimum atomic E-state index is -0.585. The highest BCUT2D eigenvalue weighted by atomic mass is 19.1. The number of hydrogen-bond donors (Lipinski definition) is 0. The van der Waals surface area contributed by atoms with Crippen LogP contribution in [-0.4, -0.2) is 16.8 Å². The molecular formula is C17H19F2NO. The van der Waals surface area contributed by atoms with Crippen molar-refractivity contribution in [2.75, 3.05) is 0 Å². The fourth-order valence-electron chi connectivity index (χ4n) is 2.86. The molecule has 1 fully saturated rings. The van der Waals surface area contributed by atoms with Gasteiger partial charge in [0.2, 0.25) is 5.91 Å². The Balaban J connectivity index is 1.75. The van der Waals surface area contributed by atoms with Crippen molar-refractivity contribution in [3.8, 4) is 0 Å². The molecule has 0 spiro atoms. The first-order valence-corrected chi connectivity index (χ1v) is 7.54. The Morgan fingerprint density at radius 3 is 2.62 bits per heavy atom. The molecule has 0 aliphatic heterocycles. The van der Waals surface area contributed by atoms with Gasteiger partial charge in [-0.15, -0.1) is 0 Å². The van der Waals surface area contributed by atoms with Gasteiger partial charge < -0.3 is 4.90 Å². The zero-order valence-electron chi connectivity index (χ0n) is 11.9. The minimum absolute atomic E-state index is 0.0131. The Bertz CT molecular complexity index is 566. The molecule has 0 heterocycles. The minimum Gasteiger partial charge on any atom is -0.335 e. The fraction of sp³-hybridized carbons (Fsp3) is 0.471. The summed E-state index contributed by atoms with van der Waals surface area (Å²) in [6.07, 6.45) is 8.69. The zero-order valence-corrected chi connectivity index (χ0v) is 11.9. The van der Waals surface area contributed by atoms with Gasteiger partial charge in [0.15, 0.2) is 0 Å². The molecule has 21 heavy (non-hydrogen) atoms. The summed E-state index contributed by atoms with van der Waals surface area (Å²) in [4.78, 5) is 14.4. The zero-order chi connectivity index (χ0) is 14.8. The van der Waals surface area contributed by atoms with E-state index in [1.807, 2.05) is 0 Å². The molecule has 1 atom stereocenters. The topological polar surface area (TPSA) is 20.3 Å². The molecule has 2 aliphatic carbocycles. The van der Waals surface area contributed by atoms with Gasteiger partial charge in [0.1, 0.15) is 11.6 Å². The molecule has 1 amide bonds. The van der Waals surface area contributed by atoms with Crippen LogP contribution in [0.2, 0.25) is 0 Å². The lowest BCUT2D eigenvalue weighted by Crippen LogP contribution is -2.38. The van der Waals surface area contributed by atoms with E-state index in [1.54, 1.807) is 4.90 Å². The van der Waals surface area contributed by atoms with E-state index in [-0.39, 0.29) is 24.4 Å². The van der Waals surface area contributed by atoms with Crippen LogP contribution in [0.5, 0.6) is 0 Å². The first kappa shape index (κ1) is 14.2. The molecule has 0 bridgehead atoms. The van der Waals surface area contributed by atoms with Crippen LogP contribution in [0.4, 0.5) is 8.78 Å². The van der Waals surface area contributed by atoms with Crippen LogP contribution in [0.25, 0.3) is 0 Å². The van der Waals surface area contributed by atoms with Gasteiger partial charge in [-0.05, 0) is 38.2 Å². The largest absolute Gasteiger partial charge is 0.335 e. The fourth-order valence-corrected chi connectivity index (χ4v) is 2.86. The molecule has 0 saturated heterocycles. The number of nitrogens with zero attached hydrogens (tertiary/aromatic N) is 1. The molecule has 1 saturated carbocycles. The van der Waals surface area contributed by atoms with Gasteiger partial charge in [-0.2, -0.15) is 0 Å². The third kappa shape index (κ3) is 3.31. The second-order valence-corrected chi connectivity index (χ2v) is 5.91. The van der Waals surface area contributed by atoms with E-state index in [0.717, 1.165) is 38.2 Å². The van der Waals surface area contributed by atoms with E-state index in [1.165, 1.54) is 12.1 Å². The summed E-state index contributed by atoms with van der Waals surface area (Å²) in [5, 5.41) is 0. The highest BCUT2D eigenvalue weighted by Gasteiger charge is 2.36. The molecule has 4 heteroatoms. The number of benzene rings is 1. The molecular weight excluding hydrogens is 272 g/mol. The van der Waals surface area contributed by atoms with Gasteiger partial charge in [0, 0.05) is 30.1 Å². The number of amides is 1. The van der Waals surface area contributed by atoms with E-state index >= 15 is 0 Å². The second-order valence-electron chi connectivity index (χ2n) is 5.91. The molecule has 0 radical (unpaired) electrons. The van der Waals surface area contributed by atoms with Crippen LogP contribution in [0.1, 0.15) is 37.7 Å². The molecule has 0 N–H and O–H groups in total. The number of carbonyl (C=O) groups is 1. The average Bonchev–Trinajstić information content (AvgIpc) is 3.31. The molecule has 0 aromatic heterocycles. The van der Waals surface area contributed by atoms with Crippen molar-refractivity contribution in [1.29, 1.82) is 0 Å². The van der Waals surface area contributed by atoms with Crippen molar-refractivity contribution < 1.29 is 13.6 Å². The first-order valence-electron chi connectivity index (χ1n) is 7.54. The maximum atomic E-state index is 13.8. The van der Waals surface area contributed by atoms with Crippen LogP contribution in [-0.2, 0) is 11.3 Å². The van der Waals surface area contributed by atoms with Crippen LogP contribution >= 0.6 is 0 Å². The molecule has 2 nitrogen and oxygen atoms in total. The third-order valence-electron chi connectivity index (χ3n) is 4.24. The number of carbonyl (C=O) groups excluding carboxylic acids is 1. The summed E-state index contributed by atoms with van der Waals surface area (Å²) in [5.74, 6) is -1.03. The summed E-state index contributed by atoms with van der Waals surface area (Å²) >= 11 is 0. The smallest absolute Gasteiger partial charge is 0.226 e. The predicted molar refractivity (Wildman–Crippen MR) is 76.4 cm³/mol. The van der Waals surface area contributed by atoms with Crippen molar-refractivity contribution in [3.63, 3.8) is 0 Å². The monoisotopic (exact) mass is 291 g/mol. The van der Waals surface area contributed by atoms with Gasteiger partial charge in [-0.1, -0.05) is 18.2 Å². The summed E-state index contributed by atoms with van der Waals surface area (Å²) in [6, 6.07) is 3.80. The van der Waals surface area contributed by atoms with Crippen LogP contribution in [0, 0.1) is 17.6 Å². The predicted octanol–water partition coefficient (Wildman–Crippen LogP) is 3.81. The standard InChI is InChI=1S/C17H19F2NO/c18-14-7-6-13(16(19)10-14)11-20(15-8-9-15)17(21)12-4-2-1-3-5-12/h1-2,6-7,10,12,15H,3-5,8-9,11H2. The van der Waals surface area contributed by atoms with Crippen molar-refractivity contribution in [3.05, 3.63) is 47.5 Å². The number of rotatable bonds is 4. The normalized spacial score (nSPS) is 21.3. The van der Waals surface area contributed by atoms with E-state index < -0.39 is 11.6 Å². The maximum absolute atomic E-state index is 13.8. The van der Waals surface area contributed by atoms with Crippen LogP contribution < -0.4 is 0 Å². The van der Waals surface area contributed by atoms with Gasteiger partial charge in [-0.3, -0.25) is 4.79 Å². The number of hydrogen-bond acceptors (Lipinski definition) is 1. The lowest BCUT2D eigenvalue weighted by molar-refractivity contribution is -0.137. The maximum Gasteiger partial charge on any atom is 0.226 e. The Kier molecular flexibility index (Phi) is 4.04. The third-order valence-corrected chi connectivity index (χ3v) is 4.24. The first-order chi connectivity index (χ1) is 10.1. The summed E-state index contributed by atoms with van der Waals surface area (Å²) in [7, 11) is 0. The summed E-state index contributed by atoms with van der Waals surface area (Å²) in [5.41, 5.74) is 0.392. The molecule has 3 rings (SSSR count). The quantitative estimate of drug-likeness (QED) is 0.772. The van der Waals surface area contributed by atoms with Crippen molar-refractivity contribution >= 4 is 5.91 Å². The number of halogens is 2. The summed E-state index contributed by atoms with van der Waals surface area (Å²) < 4.78 is 26.8. The Hall–Kier alpha value is -1.71. The molecule has 1 aromatic carbocycles. The SMILES string of the molecule is O=C(C1CC=CCC1)N(Cc1ccc(F)cc1F)C1CC1. The average molecular weight is 291 g/mol.